The zero-order valence-corrected chi connectivity index (χ0v) is 14.3. The third-order valence-electron chi connectivity index (χ3n) is 4.35. The third kappa shape index (κ3) is 2.69. The molecule has 124 valence electrons. The SMILES string of the molecule is Cc1ccc(C)c2c(C)c(C(=O)Nc3ccccc3C(C)O)oc12. The third-order valence-corrected chi connectivity index (χ3v) is 4.35. The van der Waals surface area contributed by atoms with Crippen LogP contribution in [0.1, 0.15) is 45.8 Å². The predicted molar refractivity (Wildman–Crippen MR) is 95.5 cm³/mol. The number of carbonyl (C=O) groups excluding carboxylic acids is 1. The van der Waals surface area contributed by atoms with E-state index in [1.54, 1.807) is 19.1 Å². The first-order chi connectivity index (χ1) is 11.4. The van der Waals surface area contributed by atoms with E-state index < -0.39 is 6.10 Å². The zero-order chi connectivity index (χ0) is 17.4. The second-order valence-electron chi connectivity index (χ2n) is 6.18. The molecule has 1 heterocycles. The van der Waals surface area contributed by atoms with Crippen LogP contribution < -0.4 is 5.32 Å². The van der Waals surface area contributed by atoms with Gasteiger partial charge in [-0.1, -0.05) is 30.3 Å². The van der Waals surface area contributed by atoms with Gasteiger partial charge in [-0.25, -0.2) is 0 Å². The van der Waals surface area contributed by atoms with Gasteiger partial charge in [0.2, 0.25) is 0 Å². The molecule has 1 aromatic heterocycles. The highest BCUT2D eigenvalue weighted by molar-refractivity contribution is 6.07. The number of benzene rings is 2. The summed E-state index contributed by atoms with van der Waals surface area (Å²) in [5, 5.41) is 13.7. The number of para-hydroxylation sites is 1. The Labute approximate surface area is 141 Å². The quantitative estimate of drug-likeness (QED) is 0.736. The molecule has 0 radical (unpaired) electrons. The number of furan rings is 1. The summed E-state index contributed by atoms with van der Waals surface area (Å²) in [4.78, 5) is 12.7. The van der Waals surface area contributed by atoms with Gasteiger partial charge in [0, 0.05) is 22.2 Å². The molecule has 4 nitrogen and oxygen atoms in total. The lowest BCUT2D eigenvalue weighted by molar-refractivity contribution is 0.0997. The number of aliphatic hydroxyl groups is 1. The number of aliphatic hydroxyl groups excluding tert-OH is 1. The number of hydrogen-bond acceptors (Lipinski definition) is 3. The maximum absolute atomic E-state index is 12.7. The highest BCUT2D eigenvalue weighted by Crippen LogP contribution is 2.31. The first kappa shape index (κ1) is 16.3. The molecule has 1 atom stereocenters. The van der Waals surface area contributed by atoms with Gasteiger partial charge in [-0.3, -0.25) is 4.79 Å². The Kier molecular flexibility index (Phi) is 4.16. The smallest absolute Gasteiger partial charge is 0.291 e. The lowest BCUT2D eigenvalue weighted by atomic mass is 10.0. The van der Waals surface area contributed by atoms with Gasteiger partial charge in [-0.05, 0) is 44.9 Å². The Morgan fingerprint density at radius 1 is 1.08 bits per heavy atom. The van der Waals surface area contributed by atoms with E-state index in [9.17, 15) is 9.90 Å². The van der Waals surface area contributed by atoms with Crippen molar-refractivity contribution in [1.82, 2.24) is 0 Å². The summed E-state index contributed by atoms with van der Waals surface area (Å²) in [5.74, 6) is -0.00149. The van der Waals surface area contributed by atoms with Crippen LogP contribution in [0.5, 0.6) is 0 Å². The lowest BCUT2D eigenvalue weighted by Crippen LogP contribution is -2.14. The number of carbonyl (C=O) groups is 1. The Bertz CT molecular complexity index is 922. The second kappa shape index (κ2) is 6.13. The van der Waals surface area contributed by atoms with E-state index in [4.69, 9.17) is 4.42 Å². The summed E-state index contributed by atoms with van der Waals surface area (Å²) < 4.78 is 5.87. The molecule has 3 aromatic rings. The van der Waals surface area contributed by atoms with Crippen LogP contribution in [-0.2, 0) is 0 Å². The fourth-order valence-corrected chi connectivity index (χ4v) is 3.05. The number of rotatable bonds is 3. The van der Waals surface area contributed by atoms with Crippen molar-refractivity contribution in [3.63, 3.8) is 0 Å². The molecule has 2 N–H and O–H groups in total. The number of amides is 1. The number of aryl methyl sites for hydroxylation is 3. The van der Waals surface area contributed by atoms with Gasteiger partial charge in [0.05, 0.1) is 6.10 Å². The van der Waals surface area contributed by atoms with E-state index in [0.717, 1.165) is 27.7 Å². The minimum absolute atomic E-state index is 0.308. The van der Waals surface area contributed by atoms with Crippen LogP contribution in [0.2, 0.25) is 0 Å². The molecule has 0 spiro atoms. The molecular weight excluding hydrogens is 302 g/mol. The molecular formula is C20H21NO3. The van der Waals surface area contributed by atoms with E-state index in [-0.39, 0.29) is 5.91 Å². The van der Waals surface area contributed by atoms with Gasteiger partial charge in [0.25, 0.3) is 5.91 Å². The summed E-state index contributed by atoms with van der Waals surface area (Å²) >= 11 is 0. The van der Waals surface area contributed by atoms with Crippen molar-refractivity contribution in [3.05, 3.63) is 64.4 Å². The van der Waals surface area contributed by atoms with Crippen molar-refractivity contribution in [2.75, 3.05) is 5.32 Å². The lowest BCUT2D eigenvalue weighted by Gasteiger charge is -2.12. The molecule has 1 unspecified atom stereocenters. The van der Waals surface area contributed by atoms with Gasteiger partial charge >= 0.3 is 0 Å². The summed E-state index contributed by atoms with van der Waals surface area (Å²) in [6.45, 7) is 7.54. The molecule has 0 aliphatic rings. The Morgan fingerprint density at radius 3 is 2.42 bits per heavy atom. The predicted octanol–water partition coefficient (Wildman–Crippen LogP) is 4.66. The van der Waals surface area contributed by atoms with Crippen molar-refractivity contribution in [3.8, 4) is 0 Å². The summed E-state index contributed by atoms with van der Waals surface area (Å²) in [7, 11) is 0. The van der Waals surface area contributed by atoms with Crippen molar-refractivity contribution >= 4 is 22.6 Å². The maximum Gasteiger partial charge on any atom is 0.291 e. The van der Waals surface area contributed by atoms with Crippen LogP contribution in [0.15, 0.2) is 40.8 Å². The molecule has 0 saturated heterocycles. The van der Waals surface area contributed by atoms with Crippen LogP contribution >= 0.6 is 0 Å². The average molecular weight is 323 g/mol. The van der Waals surface area contributed by atoms with E-state index >= 15 is 0 Å². The monoisotopic (exact) mass is 323 g/mol. The van der Waals surface area contributed by atoms with E-state index in [0.29, 0.717) is 17.0 Å². The van der Waals surface area contributed by atoms with Gasteiger partial charge < -0.3 is 14.8 Å². The van der Waals surface area contributed by atoms with Gasteiger partial charge in [0.15, 0.2) is 5.76 Å². The van der Waals surface area contributed by atoms with Crippen molar-refractivity contribution in [2.45, 2.75) is 33.8 Å². The molecule has 0 bridgehead atoms. The van der Waals surface area contributed by atoms with Crippen molar-refractivity contribution in [2.24, 2.45) is 0 Å². The van der Waals surface area contributed by atoms with Crippen molar-refractivity contribution in [1.29, 1.82) is 0 Å². The Hall–Kier alpha value is -2.59. The molecule has 0 saturated carbocycles. The van der Waals surface area contributed by atoms with E-state index in [1.165, 1.54) is 0 Å². The van der Waals surface area contributed by atoms with Gasteiger partial charge in [-0.15, -0.1) is 0 Å². The van der Waals surface area contributed by atoms with E-state index in [1.807, 2.05) is 45.0 Å². The minimum atomic E-state index is -0.664. The van der Waals surface area contributed by atoms with Crippen LogP contribution in [-0.4, -0.2) is 11.0 Å². The molecule has 3 rings (SSSR count). The maximum atomic E-state index is 12.7. The molecule has 0 aliphatic heterocycles. The topological polar surface area (TPSA) is 62.5 Å². The Morgan fingerprint density at radius 2 is 1.75 bits per heavy atom. The van der Waals surface area contributed by atoms with Crippen LogP contribution in [0, 0.1) is 20.8 Å². The molecule has 4 heteroatoms. The highest BCUT2D eigenvalue weighted by atomic mass is 16.3. The number of hydrogen-bond donors (Lipinski definition) is 2. The molecule has 24 heavy (non-hydrogen) atoms. The van der Waals surface area contributed by atoms with E-state index in [2.05, 4.69) is 5.32 Å². The number of anilines is 1. The van der Waals surface area contributed by atoms with Crippen LogP contribution in [0.4, 0.5) is 5.69 Å². The fraction of sp³-hybridized carbons (Fsp3) is 0.250. The minimum Gasteiger partial charge on any atom is -0.450 e. The molecule has 0 fully saturated rings. The largest absolute Gasteiger partial charge is 0.450 e. The van der Waals surface area contributed by atoms with Crippen molar-refractivity contribution < 1.29 is 14.3 Å². The summed E-state index contributed by atoms with van der Waals surface area (Å²) in [5.41, 5.74) is 4.93. The average Bonchev–Trinajstić information content (AvgIpc) is 2.90. The molecule has 0 aliphatic carbocycles. The number of fused-ring (bicyclic) bond motifs is 1. The van der Waals surface area contributed by atoms with Gasteiger partial charge in [-0.2, -0.15) is 0 Å². The zero-order valence-electron chi connectivity index (χ0n) is 14.3. The first-order valence-electron chi connectivity index (χ1n) is 7.97. The molecule has 2 aromatic carbocycles. The Balaban J connectivity index is 2.03. The molecule has 1 amide bonds. The van der Waals surface area contributed by atoms with Crippen LogP contribution in [0.3, 0.4) is 0 Å². The second-order valence-corrected chi connectivity index (χ2v) is 6.18. The summed E-state index contributed by atoms with van der Waals surface area (Å²) in [6.07, 6.45) is -0.664. The first-order valence-corrected chi connectivity index (χ1v) is 7.97. The fourth-order valence-electron chi connectivity index (χ4n) is 3.05. The number of nitrogens with one attached hydrogen (secondary N) is 1. The summed E-state index contributed by atoms with van der Waals surface area (Å²) in [6, 6.07) is 11.2. The van der Waals surface area contributed by atoms with Crippen LogP contribution in [0.25, 0.3) is 11.0 Å². The normalized spacial score (nSPS) is 12.4. The standard InChI is InChI=1S/C20H21NO3/c1-11-9-10-12(2)18-17(11)13(3)19(24-18)20(23)21-16-8-6-5-7-15(16)14(4)22/h5-10,14,22H,1-4H3,(H,21,23). The highest BCUT2D eigenvalue weighted by Gasteiger charge is 2.21. The van der Waals surface area contributed by atoms with Gasteiger partial charge in [0.1, 0.15) is 5.58 Å².